The molecule has 0 saturated carbocycles. The molecule has 0 spiro atoms. The summed E-state index contributed by atoms with van der Waals surface area (Å²) in [5, 5.41) is 0. The molecular weight excluding hydrogens is 184 g/mol. The number of Topliss-reactive ketones (excluding diaryl/α,β-unsaturated/α-hetero) is 1. The Balaban J connectivity index is 3.76. The first-order chi connectivity index (χ1) is 6.45. The van der Waals surface area contributed by atoms with Gasteiger partial charge in [-0.25, -0.2) is 0 Å². The average Bonchev–Trinajstić information content (AvgIpc) is 2.01. The molecule has 0 N–H and O–H groups in total. The quantitative estimate of drug-likeness (QED) is 0.609. The molecule has 2 unspecified atom stereocenters. The van der Waals surface area contributed by atoms with Crippen molar-refractivity contribution in [3.63, 3.8) is 0 Å². The maximum Gasteiger partial charge on any atom is 0.308 e. The van der Waals surface area contributed by atoms with E-state index in [1.807, 2.05) is 0 Å². The summed E-state index contributed by atoms with van der Waals surface area (Å²) in [5.74, 6) is -0.307. The average molecular weight is 202 g/mol. The van der Waals surface area contributed by atoms with Gasteiger partial charge in [0.25, 0.3) is 0 Å². The maximum atomic E-state index is 11.2. The van der Waals surface area contributed by atoms with Gasteiger partial charge < -0.3 is 9.47 Å². The first-order valence-corrected chi connectivity index (χ1v) is 4.67. The Morgan fingerprint density at radius 2 is 1.71 bits per heavy atom. The first kappa shape index (κ1) is 13.1. The highest BCUT2D eigenvalue weighted by atomic mass is 16.5. The van der Waals surface area contributed by atoms with Gasteiger partial charge in [0.2, 0.25) is 0 Å². The predicted molar refractivity (Wildman–Crippen MR) is 51.9 cm³/mol. The molecule has 0 aromatic rings. The highest BCUT2D eigenvalue weighted by molar-refractivity contribution is 5.76. The summed E-state index contributed by atoms with van der Waals surface area (Å²) in [6, 6.07) is 0. The Labute approximate surface area is 84.6 Å². The summed E-state index contributed by atoms with van der Waals surface area (Å²) in [6.07, 6.45) is 0.00218. The molecule has 4 heteroatoms. The van der Waals surface area contributed by atoms with E-state index >= 15 is 0 Å². The highest BCUT2D eigenvalue weighted by Crippen LogP contribution is 2.03. The summed E-state index contributed by atoms with van der Waals surface area (Å²) in [5.41, 5.74) is 0. The molecule has 0 aliphatic heterocycles. The summed E-state index contributed by atoms with van der Waals surface area (Å²) >= 11 is 0. The van der Waals surface area contributed by atoms with Gasteiger partial charge in [0.05, 0.1) is 12.5 Å². The Kier molecular flexibility index (Phi) is 6.12. The fourth-order valence-electron chi connectivity index (χ4n) is 1.04. The summed E-state index contributed by atoms with van der Waals surface area (Å²) in [4.78, 5) is 21.9. The lowest BCUT2D eigenvalue weighted by Gasteiger charge is -2.13. The number of rotatable bonds is 6. The molecule has 0 fully saturated rings. The fourth-order valence-corrected chi connectivity index (χ4v) is 1.04. The normalized spacial score (nSPS) is 14.6. The Morgan fingerprint density at radius 3 is 2.14 bits per heavy atom. The van der Waals surface area contributed by atoms with Crippen molar-refractivity contribution in [1.82, 2.24) is 0 Å². The number of hydrogen-bond acceptors (Lipinski definition) is 4. The van der Waals surface area contributed by atoms with Crippen LogP contribution in [0.3, 0.4) is 0 Å². The minimum atomic E-state index is -0.343. The van der Waals surface area contributed by atoms with Crippen LogP contribution in [-0.2, 0) is 19.1 Å². The number of carbonyl (C=O) groups is 2. The van der Waals surface area contributed by atoms with E-state index in [1.54, 1.807) is 13.8 Å². The number of methoxy groups -OCH3 is 1. The zero-order valence-corrected chi connectivity index (χ0v) is 9.20. The zero-order chi connectivity index (χ0) is 11.1. The van der Waals surface area contributed by atoms with Gasteiger partial charge in [0.15, 0.2) is 0 Å². The molecule has 0 aliphatic rings. The van der Waals surface area contributed by atoms with Gasteiger partial charge >= 0.3 is 5.97 Å². The van der Waals surface area contributed by atoms with E-state index in [9.17, 15) is 9.59 Å². The van der Waals surface area contributed by atoms with E-state index in [0.29, 0.717) is 0 Å². The minimum Gasteiger partial charge on any atom is -0.462 e. The van der Waals surface area contributed by atoms with E-state index in [4.69, 9.17) is 9.47 Å². The number of ether oxygens (including phenoxy) is 2. The van der Waals surface area contributed by atoms with Crippen LogP contribution in [0.15, 0.2) is 0 Å². The van der Waals surface area contributed by atoms with Crippen LogP contribution in [0.1, 0.15) is 33.6 Å². The standard InChI is InChI=1S/C10H18O4/c1-7(11)5-9(3)14-10(12)6-8(2)13-4/h8-9H,5-6H2,1-4H3. The van der Waals surface area contributed by atoms with E-state index in [2.05, 4.69) is 0 Å². The van der Waals surface area contributed by atoms with E-state index in [0.717, 1.165) is 0 Å². The molecule has 0 aliphatic carbocycles. The molecule has 2 atom stereocenters. The molecule has 0 aromatic heterocycles. The van der Waals surface area contributed by atoms with Crippen molar-refractivity contribution in [2.75, 3.05) is 7.11 Å². The van der Waals surface area contributed by atoms with Gasteiger partial charge in [0, 0.05) is 13.5 Å². The second-order valence-electron chi connectivity index (χ2n) is 3.46. The molecule has 82 valence electrons. The highest BCUT2D eigenvalue weighted by Gasteiger charge is 2.14. The second kappa shape index (κ2) is 6.54. The van der Waals surface area contributed by atoms with Gasteiger partial charge in [-0.05, 0) is 20.8 Å². The van der Waals surface area contributed by atoms with E-state index in [1.165, 1.54) is 14.0 Å². The van der Waals surface area contributed by atoms with Crippen molar-refractivity contribution in [3.8, 4) is 0 Å². The van der Waals surface area contributed by atoms with E-state index in [-0.39, 0.29) is 36.8 Å². The van der Waals surface area contributed by atoms with Crippen LogP contribution in [0, 0.1) is 0 Å². The lowest BCUT2D eigenvalue weighted by Crippen LogP contribution is -2.21. The third-order valence-electron chi connectivity index (χ3n) is 1.76. The van der Waals surface area contributed by atoms with Crippen LogP contribution < -0.4 is 0 Å². The smallest absolute Gasteiger partial charge is 0.308 e. The SMILES string of the molecule is COC(C)CC(=O)OC(C)CC(C)=O. The zero-order valence-electron chi connectivity index (χ0n) is 9.20. The lowest BCUT2D eigenvalue weighted by molar-refractivity contribution is -0.151. The number of ketones is 1. The molecule has 14 heavy (non-hydrogen) atoms. The van der Waals surface area contributed by atoms with Gasteiger partial charge in [-0.15, -0.1) is 0 Å². The molecule has 0 bridgehead atoms. The molecule has 0 heterocycles. The lowest BCUT2D eigenvalue weighted by atomic mass is 10.2. The topological polar surface area (TPSA) is 52.6 Å². The maximum absolute atomic E-state index is 11.2. The number of hydrogen-bond donors (Lipinski definition) is 0. The summed E-state index contributed by atoms with van der Waals surface area (Å²) < 4.78 is 9.91. The van der Waals surface area contributed by atoms with E-state index < -0.39 is 0 Å². The van der Waals surface area contributed by atoms with Gasteiger partial charge in [-0.3, -0.25) is 9.59 Å². The molecular formula is C10H18O4. The monoisotopic (exact) mass is 202 g/mol. The molecule has 0 rings (SSSR count). The van der Waals surface area contributed by atoms with Crippen molar-refractivity contribution < 1.29 is 19.1 Å². The number of esters is 1. The van der Waals surface area contributed by atoms with Crippen molar-refractivity contribution in [1.29, 1.82) is 0 Å². The third-order valence-corrected chi connectivity index (χ3v) is 1.76. The second-order valence-corrected chi connectivity index (χ2v) is 3.46. The van der Waals surface area contributed by atoms with Crippen molar-refractivity contribution in [2.24, 2.45) is 0 Å². The summed E-state index contributed by atoms with van der Waals surface area (Å²) in [6.45, 7) is 4.97. The van der Waals surface area contributed by atoms with Crippen molar-refractivity contribution in [3.05, 3.63) is 0 Å². The Hall–Kier alpha value is -0.900. The summed E-state index contributed by atoms with van der Waals surface area (Å²) in [7, 11) is 1.54. The van der Waals surface area contributed by atoms with Crippen LogP contribution in [0.2, 0.25) is 0 Å². The van der Waals surface area contributed by atoms with Crippen molar-refractivity contribution >= 4 is 11.8 Å². The van der Waals surface area contributed by atoms with Crippen LogP contribution in [0.5, 0.6) is 0 Å². The third kappa shape index (κ3) is 6.60. The molecule has 0 radical (unpaired) electrons. The van der Waals surface area contributed by atoms with Crippen LogP contribution in [-0.4, -0.2) is 31.1 Å². The van der Waals surface area contributed by atoms with Gasteiger partial charge in [-0.2, -0.15) is 0 Å². The molecule has 0 saturated heterocycles. The van der Waals surface area contributed by atoms with Crippen molar-refractivity contribution in [2.45, 2.75) is 45.8 Å². The fraction of sp³-hybridized carbons (Fsp3) is 0.800. The first-order valence-electron chi connectivity index (χ1n) is 4.67. The minimum absolute atomic E-state index is 0.0186. The number of carbonyl (C=O) groups excluding carboxylic acids is 2. The van der Waals surface area contributed by atoms with Crippen LogP contribution >= 0.6 is 0 Å². The Bertz CT molecular complexity index is 200. The van der Waals surface area contributed by atoms with Gasteiger partial charge in [0.1, 0.15) is 11.9 Å². The largest absolute Gasteiger partial charge is 0.462 e. The molecule has 0 aromatic carbocycles. The van der Waals surface area contributed by atoms with Crippen LogP contribution in [0.4, 0.5) is 0 Å². The van der Waals surface area contributed by atoms with Crippen LogP contribution in [0.25, 0.3) is 0 Å². The predicted octanol–water partition coefficient (Wildman–Crippen LogP) is 1.32. The van der Waals surface area contributed by atoms with Gasteiger partial charge in [-0.1, -0.05) is 0 Å². The Morgan fingerprint density at radius 1 is 1.14 bits per heavy atom. The molecule has 4 nitrogen and oxygen atoms in total. The molecule has 0 amide bonds.